The van der Waals surface area contributed by atoms with Crippen molar-refractivity contribution in [1.82, 2.24) is 4.57 Å². The van der Waals surface area contributed by atoms with Crippen LogP contribution in [0.4, 0.5) is 4.39 Å². The van der Waals surface area contributed by atoms with Gasteiger partial charge in [0.05, 0.1) is 12.4 Å². The molecule has 2 heterocycles. The zero-order chi connectivity index (χ0) is 23.9. The van der Waals surface area contributed by atoms with Crippen LogP contribution < -0.4 is 4.40 Å². The molecule has 176 valence electrons. The molecular formula is C30H40FN2+. The van der Waals surface area contributed by atoms with Crippen LogP contribution in [0.1, 0.15) is 94.7 Å². The van der Waals surface area contributed by atoms with E-state index >= 15 is 4.39 Å². The summed E-state index contributed by atoms with van der Waals surface area (Å²) >= 11 is 0. The molecule has 2 aromatic carbocycles. The molecule has 1 saturated carbocycles. The van der Waals surface area contributed by atoms with Crippen molar-refractivity contribution in [1.29, 1.82) is 0 Å². The van der Waals surface area contributed by atoms with Crippen LogP contribution in [0.3, 0.4) is 0 Å². The number of unbranched alkanes of at least 4 members (excludes halogenated alkanes) is 1. The van der Waals surface area contributed by atoms with Gasteiger partial charge in [-0.05, 0) is 51.3 Å². The van der Waals surface area contributed by atoms with Crippen molar-refractivity contribution in [2.45, 2.75) is 91.7 Å². The number of hydrogen-bond acceptors (Lipinski definition) is 0. The predicted molar refractivity (Wildman–Crippen MR) is 139 cm³/mol. The lowest BCUT2D eigenvalue weighted by molar-refractivity contribution is -0.491. The van der Waals surface area contributed by atoms with Crippen molar-refractivity contribution in [3.63, 3.8) is 0 Å². The highest BCUT2D eigenvalue weighted by molar-refractivity contribution is 6.10. The maximum atomic E-state index is 15.4. The van der Waals surface area contributed by atoms with E-state index in [2.05, 4.69) is 68.0 Å². The van der Waals surface area contributed by atoms with Crippen LogP contribution >= 0.6 is 0 Å². The van der Waals surface area contributed by atoms with E-state index in [0.29, 0.717) is 5.92 Å². The first-order valence-electron chi connectivity index (χ1n) is 12.8. The van der Waals surface area contributed by atoms with Crippen LogP contribution in [0.15, 0.2) is 36.4 Å². The Morgan fingerprint density at radius 1 is 1.00 bits per heavy atom. The highest BCUT2D eigenvalue weighted by Gasteiger charge is 2.34. The van der Waals surface area contributed by atoms with E-state index in [1.165, 1.54) is 66.4 Å². The van der Waals surface area contributed by atoms with Gasteiger partial charge < -0.3 is 0 Å². The van der Waals surface area contributed by atoms with Gasteiger partial charge in [-0.15, -0.1) is 0 Å². The summed E-state index contributed by atoms with van der Waals surface area (Å²) in [6, 6.07) is 12.8. The average molecular weight is 448 g/mol. The molecule has 0 amide bonds. The van der Waals surface area contributed by atoms with Crippen molar-refractivity contribution < 1.29 is 8.79 Å². The zero-order valence-electron chi connectivity index (χ0n) is 21.6. The number of nitrogens with zero attached hydrogens (tertiary/aromatic N) is 2. The molecule has 0 bridgehead atoms. The lowest BCUT2D eigenvalue weighted by Gasteiger charge is -2.18. The van der Waals surface area contributed by atoms with E-state index in [0.717, 1.165) is 22.0 Å². The minimum absolute atomic E-state index is 0.579. The summed E-state index contributed by atoms with van der Waals surface area (Å²) in [6.07, 6.45) is 7.73. The van der Waals surface area contributed by atoms with Gasteiger partial charge >= 0.3 is 0 Å². The van der Waals surface area contributed by atoms with Gasteiger partial charge in [0.1, 0.15) is 16.9 Å². The van der Waals surface area contributed by atoms with Gasteiger partial charge in [-0.2, -0.15) is 4.40 Å². The second-order valence-electron chi connectivity index (χ2n) is 10.4. The topological polar surface area (TPSA) is 9.03 Å². The van der Waals surface area contributed by atoms with E-state index < -0.39 is 5.67 Å². The van der Waals surface area contributed by atoms with Crippen molar-refractivity contribution in [3.05, 3.63) is 58.9 Å². The van der Waals surface area contributed by atoms with E-state index in [-0.39, 0.29) is 0 Å². The van der Waals surface area contributed by atoms with Crippen LogP contribution in [0.5, 0.6) is 0 Å². The lowest BCUT2D eigenvalue weighted by atomic mass is 9.92. The number of pyridine rings is 1. The van der Waals surface area contributed by atoms with Crippen molar-refractivity contribution >= 4 is 27.3 Å². The second kappa shape index (κ2) is 9.08. The lowest BCUT2D eigenvalue weighted by Crippen LogP contribution is -2.29. The molecule has 0 aliphatic heterocycles. The van der Waals surface area contributed by atoms with Crippen LogP contribution in [-0.4, -0.2) is 4.57 Å². The summed E-state index contributed by atoms with van der Waals surface area (Å²) in [5.41, 5.74) is 5.71. The van der Waals surface area contributed by atoms with Gasteiger partial charge in [0.15, 0.2) is 5.69 Å². The van der Waals surface area contributed by atoms with Crippen LogP contribution in [0.25, 0.3) is 27.3 Å². The molecule has 1 aliphatic rings. The Balaban J connectivity index is 0.000000601. The summed E-state index contributed by atoms with van der Waals surface area (Å²) in [5.74, 6) is 0.579. The van der Waals surface area contributed by atoms with Gasteiger partial charge in [-0.1, -0.05) is 63.8 Å². The fourth-order valence-electron chi connectivity index (χ4n) is 5.52. The molecule has 5 rings (SSSR count). The molecule has 2 nitrogen and oxygen atoms in total. The Labute approximate surface area is 198 Å². The third-order valence-corrected chi connectivity index (χ3v) is 7.50. The SMILES string of the molecule is CCCC.Cc1ccc2c3cccc(C(C)(C)F)c3c3n(C)c(C)c(C4CCCC4)[n+]3c2c1. The number of aryl methyl sites for hydroxylation is 2. The average Bonchev–Trinajstić information content (AvgIpc) is 3.40. The van der Waals surface area contributed by atoms with Gasteiger partial charge in [0.25, 0.3) is 5.65 Å². The van der Waals surface area contributed by atoms with Crippen LogP contribution in [0, 0.1) is 13.8 Å². The van der Waals surface area contributed by atoms with E-state index in [1.807, 2.05) is 12.1 Å². The number of alkyl halides is 1. The third kappa shape index (κ3) is 4.05. The molecule has 1 fully saturated rings. The highest BCUT2D eigenvalue weighted by atomic mass is 19.1. The molecule has 0 unspecified atom stereocenters. The molecule has 2 aromatic heterocycles. The molecule has 3 heteroatoms. The van der Waals surface area contributed by atoms with Crippen LogP contribution in [-0.2, 0) is 12.7 Å². The highest BCUT2D eigenvalue weighted by Crippen LogP contribution is 2.40. The summed E-state index contributed by atoms with van der Waals surface area (Å²) in [7, 11) is 2.15. The number of fused-ring (bicyclic) bond motifs is 6. The van der Waals surface area contributed by atoms with E-state index in [4.69, 9.17) is 0 Å². The van der Waals surface area contributed by atoms with Crippen molar-refractivity contribution in [2.24, 2.45) is 7.05 Å². The number of aromatic nitrogens is 2. The fourth-order valence-corrected chi connectivity index (χ4v) is 5.52. The van der Waals surface area contributed by atoms with Gasteiger partial charge in [0, 0.05) is 29.2 Å². The van der Waals surface area contributed by atoms with Gasteiger partial charge in [0.2, 0.25) is 0 Å². The fraction of sp³-hybridized carbons (Fsp3) is 0.500. The van der Waals surface area contributed by atoms with Crippen molar-refractivity contribution in [3.8, 4) is 0 Å². The van der Waals surface area contributed by atoms with E-state index in [9.17, 15) is 0 Å². The first-order chi connectivity index (χ1) is 15.7. The molecular weight excluding hydrogens is 407 g/mol. The number of benzene rings is 2. The molecule has 0 radical (unpaired) electrons. The third-order valence-electron chi connectivity index (χ3n) is 7.50. The first kappa shape index (κ1) is 23.7. The Morgan fingerprint density at radius 2 is 1.67 bits per heavy atom. The predicted octanol–water partition coefficient (Wildman–Crippen LogP) is 8.36. The molecule has 0 N–H and O–H groups in total. The molecule has 0 saturated heterocycles. The number of rotatable bonds is 3. The second-order valence-corrected chi connectivity index (χ2v) is 10.4. The smallest absolute Gasteiger partial charge is 0.239 e. The Morgan fingerprint density at radius 3 is 2.27 bits per heavy atom. The molecule has 4 aromatic rings. The Bertz CT molecular complexity index is 1300. The first-order valence-corrected chi connectivity index (χ1v) is 12.8. The number of hydrogen-bond donors (Lipinski definition) is 0. The summed E-state index contributed by atoms with van der Waals surface area (Å²) in [5, 5.41) is 3.40. The Hall–Kier alpha value is -2.42. The minimum atomic E-state index is -1.41. The standard InChI is InChI=1S/C26H30FN2.C4H10/c1-16-13-14-19-20-11-8-12-21(26(3,4)27)23(20)25-28(5)17(2)24(18-9-6-7-10-18)29(25)22(19)15-16;1-3-4-2/h8,11-15,18H,6-7,9-10H2,1-5H3;3-4H2,1-2H3/q+1;. The summed E-state index contributed by atoms with van der Waals surface area (Å²) in [4.78, 5) is 0. The quantitative estimate of drug-likeness (QED) is 0.220. The molecule has 33 heavy (non-hydrogen) atoms. The molecule has 0 spiro atoms. The van der Waals surface area contributed by atoms with Gasteiger partial charge in [-0.3, -0.25) is 0 Å². The maximum Gasteiger partial charge on any atom is 0.295 e. The molecule has 1 aliphatic carbocycles. The minimum Gasteiger partial charge on any atom is -0.239 e. The van der Waals surface area contributed by atoms with Crippen molar-refractivity contribution in [2.75, 3.05) is 0 Å². The monoisotopic (exact) mass is 447 g/mol. The Kier molecular flexibility index (Phi) is 6.53. The van der Waals surface area contributed by atoms with Crippen LogP contribution in [0.2, 0.25) is 0 Å². The largest absolute Gasteiger partial charge is 0.295 e. The summed E-state index contributed by atoms with van der Waals surface area (Å²) in [6.45, 7) is 12.1. The van der Waals surface area contributed by atoms with E-state index in [1.54, 1.807) is 13.8 Å². The summed E-state index contributed by atoms with van der Waals surface area (Å²) < 4.78 is 20.1. The number of halogens is 1. The maximum absolute atomic E-state index is 15.4. The zero-order valence-corrected chi connectivity index (χ0v) is 21.6. The normalized spacial score (nSPS) is 14.9. The molecule has 0 atom stereocenters. The van der Waals surface area contributed by atoms with Gasteiger partial charge in [-0.25, -0.2) is 8.96 Å². The number of imidazole rings is 1.